The molecule has 0 atom stereocenters. The molecule has 0 aromatic heterocycles. The highest BCUT2D eigenvalue weighted by Gasteiger charge is 2.07. The molecule has 0 unspecified atom stereocenters. The molecule has 126 valence electrons. The molecule has 24 heavy (non-hydrogen) atoms. The number of carbonyl (C=O) groups excluding carboxylic acids is 2. The summed E-state index contributed by atoms with van der Waals surface area (Å²) in [5, 5.41) is 2.87. The molecule has 0 aliphatic carbocycles. The average Bonchev–Trinajstić information content (AvgIpc) is 2.60. The lowest BCUT2D eigenvalue weighted by Gasteiger charge is -2.05. The van der Waals surface area contributed by atoms with Gasteiger partial charge in [0.25, 0.3) is 0 Å². The quantitative estimate of drug-likeness (QED) is 0.560. The Morgan fingerprint density at radius 1 is 0.875 bits per heavy atom. The van der Waals surface area contributed by atoms with Crippen molar-refractivity contribution >= 4 is 11.7 Å². The third-order valence-corrected chi connectivity index (χ3v) is 3.78. The van der Waals surface area contributed by atoms with Crippen LogP contribution in [0.25, 0.3) is 0 Å². The van der Waals surface area contributed by atoms with Crippen LogP contribution in [0.3, 0.4) is 0 Å². The third-order valence-electron chi connectivity index (χ3n) is 3.78. The van der Waals surface area contributed by atoms with E-state index in [4.69, 9.17) is 0 Å². The summed E-state index contributed by atoms with van der Waals surface area (Å²) in [6.07, 6.45) is 2.95. The van der Waals surface area contributed by atoms with E-state index in [0.717, 1.165) is 12.8 Å². The summed E-state index contributed by atoms with van der Waals surface area (Å²) in [6, 6.07) is 15.6. The molecule has 2 aromatic rings. The molecule has 2 aromatic carbocycles. The molecule has 0 aliphatic rings. The third kappa shape index (κ3) is 6.32. The van der Waals surface area contributed by atoms with Crippen LogP contribution in [0.4, 0.5) is 4.39 Å². The molecule has 0 spiro atoms. The van der Waals surface area contributed by atoms with Crippen molar-refractivity contribution in [1.29, 1.82) is 0 Å². The molecule has 0 saturated carbocycles. The SMILES string of the molecule is O=C(CCCC(=O)c1ccc(F)cc1)NCCCc1ccccc1. The zero-order chi connectivity index (χ0) is 17.2. The Morgan fingerprint density at radius 3 is 2.29 bits per heavy atom. The van der Waals surface area contributed by atoms with Gasteiger partial charge in [-0.15, -0.1) is 0 Å². The second-order valence-electron chi connectivity index (χ2n) is 5.72. The van der Waals surface area contributed by atoms with Gasteiger partial charge in [-0.2, -0.15) is 0 Å². The first-order valence-corrected chi connectivity index (χ1v) is 8.24. The van der Waals surface area contributed by atoms with E-state index < -0.39 is 0 Å². The summed E-state index contributed by atoms with van der Waals surface area (Å²) in [5.74, 6) is -0.455. The minimum Gasteiger partial charge on any atom is -0.356 e. The van der Waals surface area contributed by atoms with E-state index in [2.05, 4.69) is 17.4 Å². The van der Waals surface area contributed by atoms with Crippen LogP contribution in [0.1, 0.15) is 41.6 Å². The Labute approximate surface area is 141 Å². The first-order valence-electron chi connectivity index (χ1n) is 8.24. The summed E-state index contributed by atoms with van der Waals surface area (Å²) < 4.78 is 12.8. The number of benzene rings is 2. The van der Waals surface area contributed by atoms with Gasteiger partial charge in [-0.05, 0) is 49.1 Å². The van der Waals surface area contributed by atoms with Crippen LogP contribution in [-0.2, 0) is 11.2 Å². The number of nitrogens with one attached hydrogen (secondary N) is 1. The van der Waals surface area contributed by atoms with Crippen molar-refractivity contribution in [3.05, 3.63) is 71.5 Å². The zero-order valence-corrected chi connectivity index (χ0v) is 13.6. The highest BCUT2D eigenvalue weighted by Crippen LogP contribution is 2.08. The highest BCUT2D eigenvalue weighted by atomic mass is 19.1. The summed E-state index contributed by atoms with van der Waals surface area (Å²) in [6.45, 7) is 0.639. The van der Waals surface area contributed by atoms with Crippen molar-refractivity contribution in [3.63, 3.8) is 0 Å². The number of rotatable bonds is 9. The lowest BCUT2D eigenvalue weighted by molar-refractivity contribution is -0.121. The predicted molar refractivity (Wildman–Crippen MR) is 92.4 cm³/mol. The lowest BCUT2D eigenvalue weighted by atomic mass is 10.1. The molecule has 0 aliphatic heterocycles. The van der Waals surface area contributed by atoms with Gasteiger partial charge >= 0.3 is 0 Å². The van der Waals surface area contributed by atoms with Gasteiger partial charge in [-0.25, -0.2) is 4.39 Å². The molecule has 0 saturated heterocycles. The van der Waals surface area contributed by atoms with Gasteiger partial charge in [0.1, 0.15) is 5.82 Å². The van der Waals surface area contributed by atoms with Gasteiger partial charge in [-0.1, -0.05) is 30.3 Å². The number of aryl methyl sites for hydroxylation is 1. The Bertz CT molecular complexity index is 653. The number of hydrogen-bond acceptors (Lipinski definition) is 2. The molecule has 1 amide bonds. The maximum absolute atomic E-state index is 12.8. The van der Waals surface area contributed by atoms with Gasteiger partial charge in [0.05, 0.1) is 0 Å². The molecule has 3 nitrogen and oxygen atoms in total. The van der Waals surface area contributed by atoms with Crippen molar-refractivity contribution in [2.75, 3.05) is 6.54 Å². The molecule has 0 heterocycles. The topological polar surface area (TPSA) is 46.2 Å². The Kier molecular flexibility index (Phi) is 7.15. The van der Waals surface area contributed by atoms with Crippen molar-refractivity contribution < 1.29 is 14.0 Å². The molecule has 2 rings (SSSR count). The second-order valence-corrected chi connectivity index (χ2v) is 5.72. The minimum absolute atomic E-state index is 0.0324. The Hall–Kier alpha value is -2.49. The van der Waals surface area contributed by atoms with E-state index in [-0.39, 0.29) is 17.5 Å². The standard InChI is InChI=1S/C20H22FNO2/c21-18-13-11-17(12-14-18)19(23)9-4-10-20(24)22-15-5-8-16-6-2-1-3-7-16/h1-3,6-7,11-14H,4-5,8-10,15H2,(H,22,24). The summed E-state index contributed by atoms with van der Waals surface area (Å²) in [7, 11) is 0. The first-order chi connectivity index (χ1) is 11.6. The molecule has 1 N–H and O–H groups in total. The molecule has 4 heteroatoms. The number of hydrogen-bond donors (Lipinski definition) is 1. The maximum Gasteiger partial charge on any atom is 0.220 e. The molecule has 0 bridgehead atoms. The average molecular weight is 327 g/mol. The van der Waals surface area contributed by atoms with Crippen molar-refractivity contribution in [2.24, 2.45) is 0 Å². The van der Waals surface area contributed by atoms with Gasteiger partial charge in [0, 0.05) is 24.9 Å². The fraction of sp³-hybridized carbons (Fsp3) is 0.300. The van der Waals surface area contributed by atoms with Crippen LogP contribution < -0.4 is 5.32 Å². The number of carbonyl (C=O) groups is 2. The molecule has 0 radical (unpaired) electrons. The monoisotopic (exact) mass is 327 g/mol. The van der Waals surface area contributed by atoms with Crippen LogP contribution in [0.5, 0.6) is 0 Å². The smallest absolute Gasteiger partial charge is 0.220 e. The number of halogens is 1. The normalized spacial score (nSPS) is 10.4. The van der Waals surface area contributed by atoms with Gasteiger partial charge in [-0.3, -0.25) is 9.59 Å². The van der Waals surface area contributed by atoms with Crippen molar-refractivity contribution in [1.82, 2.24) is 5.32 Å². The van der Waals surface area contributed by atoms with Gasteiger partial charge in [0.2, 0.25) is 5.91 Å². The molecular formula is C20H22FNO2. The van der Waals surface area contributed by atoms with Crippen LogP contribution in [-0.4, -0.2) is 18.2 Å². The van der Waals surface area contributed by atoms with Crippen LogP contribution >= 0.6 is 0 Å². The molecular weight excluding hydrogens is 305 g/mol. The van der Waals surface area contributed by atoms with E-state index >= 15 is 0 Å². The van der Waals surface area contributed by atoms with Crippen LogP contribution in [0, 0.1) is 5.82 Å². The van der Waals surface area contributed by atoms with E-state index in [1.165, 1.54) is 29.8 Å². The minimum atomic E-state index is -0.360. The van der Waals surface area contributed by atoms with E-state index in [1.54, 1.807) is 0 Å². The second kappa shape index (κ2) is 9.60. The Balaban J connectivity index is 1.58. The fourth-order valence-electron chi connectivity index (χ4n) is 2.44. The first kappa shape index (κ1) is 17.9. The predicted octanol–water partition coefficient (Wildman–Crippen LogP) is 3.93. The highest BCUT2D eigenvalue weighted by molar-refractivity contribution is 5.96. The van der Waals surface area contributed by atoms with E-state index in [9.17, 15) is 14.0 Å². The van der Waals surface area contributed by atoms with Crippen LogP contribution in [0.15, 0.2) is 54.6 Å². The molecule has 0 fully saturated rings. The van der Waals surface area contributed by atoms with Gasteiger partial charge < -0.3 is 5.32 Å². The summed E-state index contributed by atoms with van der Waals surface area (Å²) >= 11 is 0. The maximum atomic E-state index is 12.8. The largest absolute Gasteiger partial charge is 0.356 e. The van der Waals surface area contributed by atoms with Gasteiger partial charge in [0.15, 0.2) is 5.78 Å². The zero-order valence-electron chi connectivity index (χ0n) is 13.6. The van der Waals surface area contributed by atoms with E-state index in [1.807, 2.05) is 18.2 Å². The fourth-order valence-corrected chi connectivity index (χ4v) is 2.44. The Morgan fingerprint density at radius 2 is 1.58 bits per heavy atom. The van der Waals surface area contributed by atoms with Crippen molar-refractivity contribution in [3.8, 4) is 0 Å². The summed E-state index contributed by atoms with van der Waals surface area (Å²) in [5.41, 5.74) is 1.75. The number of ketones is 1. The number of Topliss-reactive ketones (excluding diaryl/α,β-unsaturated/α-hetero) is 1. The van der Waals surface area contributed by atoms with Crippen LogP contribution in [0.2, 0.25) is 0 Å². The lowest BCUT2D eigenvalue weighted by Crippen LogP contribution is -2.24. The number of amides is 1. The van der Waals surface area contributed by atoms with Crippen molar-refractivity contribution in [2.45, 2.75) is 32.1 Å². The van der Waals surface area contributed by atoms with E-state index in [0.29, 0.717) is 31.4 Å². The summed E-state index contributed by atoms with van der Waals surface area (Å²) in [4.78, 5) is 23.6.